The largest absolute Gasteiger partial charge is 0.508 e. The molecule has 2 heterocycles. The van der Waals surface area contributed by atoms with Crippen LogP contribution in [-0.2, 0) is 6.54 Å². The molecule has 0 spiro atoms. The highest BCUT2D eigenvalue weighted by Crippen LogP contribution is 2.47. The van der Waals surface area contributed by atoms with Crippen LogP contribution in [0.15, 0.2) is 116 Å². The van der Waals surface area contributed by atoms with Crippen molar-refractivity contribution in [1.82, 2.24) is 5.32 Å². The van der Waals surface area contributed by atoms with Gasteiger partial charge in [-0.3, -0.25) is 14.6 Å². The van der Waals surface area contributed by atoms with Gasteiger partial charge in [-0.05, 0) is 85.6 Å². The van der Waals surface area contributed by atoms with E-state index < -0.39 is 17.8 Å². The van der Waals surface area contributed by atoms with E-state index in [1.807, 2.05) is 19.9 Å². The van der Waals surface area contributed by atoms with Gasteiger partial charge >= 0.3 is 11.9 Å². The number of aromatic hydroxyl groups is 1. The molecule has 14 heteroatoms. The topological polar surface area (TPSA) is 192 Å². The number of carboxylic acids is 2. The van der Waals surface area contributed by atoms with E-state index in [0.717, 1.165) is 5.69 Å². The molecular weight excluding hydrogens is 809 g/mol. The molecule has 0 saturated carbocycles. The SMILES string of the molecule is CCN=c1ccc2c(-c3c(Cl)c(C(=O)NCc4ccc(-c5c6ccc(=O)cc-6oc6cc(O)ccc56)c(C(=O)O)c4)cc(Cl)c3C(=O)O)c3ccc(NCC)cc3oc-2c1. The van der Waals surface area contributed by atoms with Crippen LogP contribution in [0.1, 0.15) is 50.5 Å². The summed E-state index contributed by atoms with van der Waals surface area (Å²) in [6, 6.07) is 25.1. The van der Waals surface area contributed by atoms with Gasteiger partial charge in [-0.25, -0.2) is 9.59 Å². The molecule has 8 rings (SSSR count). The number of aromatic carboxylic acids is 2. The number of amides is 1. The Hall–Kier alpha value is -7.15. The van der Waals surface area contributed by atoms with Crippen molar-refractivity contribution in [2.24, 2.45) is 4.99 Å². The minimum absolute atomic E-state index is 0.00739. The Labute approximate surface area is 350 Å². The Morgan fingerprint density at radius 1 is 0.700 bits per heavy atom. The van der Waals surface area contributed by atoms with Gasteiger partial charge in [-0.15, -0.1) is 0 Å². The maximum atomic E-state index is 14.1. The van der Waals surface area contributed by atoms with Crippen LogP contribution in [0, 0.1) is 0 Å². The molecule has 0 aromatic heterocycles. The minimum Gasteiger partial charge on any atom is -0.508 e. The molecule has 0 unspecified atom stereocenters. The molecule has 0 radical (unpaired) electrons. The highest BCUT2D eigenvalue weighted by atomic mass is 35.5. The maximum Gasteiger partial charge on any atom is 0.337 e. The van der Waals surface area contributed by atoms with E-state index in [9.17, 15) is 34.5 Å². The predicted octanol–water partition coefficient (Wildman–Crippen LogP) is 9.77. The Bertz CT molecular complexity index is 3150. The monoisotopic (exact) mass is 841 g/mol. The van der Waals surface area contributed by atoms with Crippen LogP contribution in [0.3, 0.4) is 0 Å². The Morgan fingerprint density at radius 2 is 1.38 bits per heavy atom. The second-order valence-electron chi connectivity index (χ2n) is 13.8. The lowest BCUT2D eigenvalue weighted by molar-refractivity contribution is 0.0687. The zero-order valence-electron chi connectivity index (χ0n) is 31.9. The van der Waals surface area contributed by atoms with Gasteiger partial charge in [0.15, 0.2) is 5.43 Å². The molecule has 2 aliphatic heterocycles. The Kier molecular flexibility index (Phi) is 10.5. The number of hydrogen-bond donors (Lipinski definition) is 5. The van der Waals surface area contributed by atoms with Crippen LogP contribution in [0.4, 0.5) is 5.69 Å². The van der Waals surface area contributed by atoms with Crippen molar-refractivity contribution in [2.75, 3.05) is 18.4 Å². The zero-order valence-corrected chi connectivity index (χ0v) is 33.4. The summed E-state index contributed by atoms with van der Waals surface area (Å²) in [7, 11) is 0. The third kappa shape index (κ3) is 7.16. The van der Waals surface area contributed by atoms with Gasteiger partial charge in [-0.1, -0.05) is 35.3 Å². The summed E-state index contributed by atoms with van der Waals surface area (Å²) >= 11 is 13.8. The van der Waals surface area contributed by atoms with E-state index in [4.69, 9.17) is 32.0 Å². The van der Waals surface area contributed by atoms with Gasteiger partial charge < -0.3 is 34.8 Å². The van der Waals surface area contributed by atoms with Crippen LogP contribution in [0.2, 0.25) is 10.0 Å². The minimum atomic E-state index is -1.37. The molecule has 5 N–H and O–H groups in total. The number of carbonyl (C=O) groups excluding carboxylic acids is 1. The molecule has 4 aliphatic rings. The number of carbonyl (C=O) groups is 3. The lowest BCUT2D eigenvalue weighted by Crippen LogP contribution is -2.24. The number of benzene rings is 6. The van der Waals surface area contributed by atoms with Crippen LogP contribution < -0.4 is 21.4 Å². The number of fused-ring (bicyclic) bond motifs is 4. The van der Waals surface area contributed by atoms with Gasteiger partial charge in [0, 0.05) is 88.2 Å². The fourth-order valence-electron chi connectivity index (χ4n) is 7.50. The van der Waals surface area contributed by atoms with Crippen molar-refractivity contribution in [3.8, 4) is 50.7 Å². The smallest absolute Gasteiger partial charge is 0.337 e. The van der Waals surface area contributed by atoms with Crippen LogP contribution in [0.5, 0.6) is 5.75 Å². The quantitative estimate of drug-likeness (QED) is 0.0828. The first-order valence-electron chi connectivity index (χ1n) is 18.7. The average Bonchev–Trinajstić information content (AvgIpc) is 3.21. The third-order valence-corrected chi connectivity index (χ3v) is 10.8. The normalized spacial score (nSPS) is 11.8. The summed E-state index contributed by atoms with van der Waals surface area (Å²) in [5.74, 6) is -2.81. The van der Waals surface area contributed by atoms with Gasteiger partial charge in [0.25, 0.3) is 5.91 Å². The zero-order chi connectivity index (χ0) is 42.4. The number of nitrogens with zero attached hydrogens (tertiary/aromatic N) is 1. The molecule has 0 fully saturated rings. The molecule has 4 aromatic rings. The highest BCUT2D eigenvalue weighted by molar-refractivity contribution is 6.41. The van der Waals surface area contributed by atoms with Crippen molar-refractivity contribution in [3.05, 3.63) is 145 Å². The number of nitrogens with one attached hydrogen (secondary N) is 2. The predicted molar refractivity (Wildman–Crippen MR) is 230 cm³/mol. The van der Waals surface area contributed by atoms with Crippen LogP contribution >= 0.6 is 23.2 Å². The fraction of sp³-hybridized carbons (Fsp3) is 0.109. The molecule has 2 aliphatic carbocycles. The first-order valence-corrected chi connectivity index (χ1v) is 19.5. The first kappa shape index (κ1) is 39.7. The molecule has 0 atom stereocenters. The van der Waals surface area contributed by atoms with E-state index in [2.05, 4.69) is 15.6 Å². The summed E-state index contributed by atoms with van der Waals surface area (Å²) in [6.07, 6.45) is 0. The number of anilines is 1. The number of phenolic OH excluding ortho intramolecular Hbond substituents is 1. The molecule has 1 amide bonds. The van der Waals surface area contributed by atoms with Gasteiger partial charge in [0.2, 0.25) is 0 Å². The summed E-state index contributed by atoms with van der Waals surface area (Å²) in [5, 5.41) is 38.4. The number of rotatable bonds is 10. The van der Waals surface area contributed by atoms with Crippen molar-refractivity contribution < 1.29 is 38.5 Å². The molecule has 0 bridgehead atoms. The summed E-state index contributed by atoms with van der Waals surface area (Å²) in [4.78, 5) is 56.5. The number of phenols is 1. The van der Waals surface area contributed by atoms with E-state index in [0.29, 0.717) is 73.9 Å². The molecule has 60 heavy (non-hydrogen) atoms. The van der Waals surface area contributed by atoms with Gasteiger partial charge in [0.1, 0.15) is 28.4 Å². The van der Waals surface area contributed by atoms with E-state index in [1.165, 1.54) is 36.4 Å². The van der Waals surface area contributed by atoms with Gasteiger partial charge in [-0.2, -0.15) is 0 Å². The molecule has 12 nitrogen and oxygen atoms in total. The van der Waals surface area contributed by atoms with E-state index >= 15 is 0 Å². The van der Waals surface area contributed by atoms with Crippen molar-refractivity contribution in [1.29, 1.82) is 0 Å². The number of hydrogen-bond acceptors (Lipinski definition) is 9. The molecule has 4 aromatic carbocycles. The number of halogens is 2. The lowest BCUT2D eigenvalue weighted by atomic mass is 9.89. The first-order chi connectivity index (χ1) is 28.9. The molecule has 0 saturated heterocycles. The lowest BCUT2D eigenvalue weighted by Gasteiger charge is -2.21. The van der Waals surface area contributed by atoms with Crippen LogP contribution in [0.25, 0.3) is 66.8 Å². The second kappa shape index (κ2) is 15.9. The highest BCUT2D eigenvalue weighted by Gasteiger charge is 2.30. The van der Waals surface area contributed by atoms with Crippen molar-refractivity contribution in [3.63, 3.8) is 0 Å². The van der Waals surface area contributed by atoms with Crippen LogP contribution in [-0.4, -0.2) is 46.3 Å². The summed E-state index contributed by atoms with van der Waals surface area (Å²) in [5.41, 5.74) is 3.12. The second-order valence-corrected chi connectivity index (χ2v) is 14.6. The average molecular weight is 843 g/mol. The summed E-state index contributed by atoms with van der Waals surface area (Å²) < 4.78 is 12.3. The Morgan fingerprint density at radius 3 is 2.12 bits per heavy atom. The van der Waals surface area contributed by atoms with E-state index in [1.54, 1.807) is 54.6 Å². The Balaban J connectivity index is 1.22. The maximum absolute atomic E-state index is 14.1. The van der Waals surface area contributed by atoms with Gasteiger partial charge in [0.05, 0.1) is 32.1 Å². The fourth-order valence-corrected chi connectivity index (χ4v) is 8.12. The van der Waals surface area contributed by atoms with Crippen molar-refractivity contribution >= 4 is 68.7 Å². The molecular formula is C46H33Cl2N3O9. The van der Waals surface area contributed by atoms with E-state index in [-0.39, 0.29) is 61.4 Å². The standard InChI is InChI=1S/C46H33Cl2N3O9/c1-3-49-23-6-11-30-35(16-23)59-36-17-24(50-4-2)7-12-31(36)40(30)42-41(46(57)58)34(47)20-33(43(42)48)44(54)51-21-22-5-10-27(32(15-22)45(55)56)39-28-13-8-25(52)18-37(28)60-38-19-26(53)9-14-29(38)39/h5-20,49,52H,3-4,21H2,1-2H3,(H,51,54)(H,55,56)(H,57,58). The molecule has 300 valence electrons. The number of carboxylic acid groups (broad SMARTS) is 2. The summed E-state index contributed by atoms with van der Waals surface area (Å²) in [6.45, 7) is 4.86. The van der Waals surface area contributed by atoms with Crippen molar-refractivity contribution in [2.45, 2.75) is 20.4 Å². The third-order valence-electron chi connectivity index (χ3n) is 10.1.